The van der Waals surface area contributed by atoms with Crippen molar-refractivity contribution in [2.75, 3.05) is 32.7 Å². The number of aliphatic hydroxyl groups excluding tert-OH is 1. The fourth-order valence-corrected chi connectivity index (χ4v) is 7.53. The predicted octanol–water partition coefficient (Wildman–Crippen LogP) is 1.61. The van der Waals surface area contributed by atoms with Gasteiger partial charge in [-0.1, -0.05) is 13.8 Å². The first-order valence-corrected chi connectivity index (χ1v) is 12.5. The van der Waals surface area contributed by atoms with Gasteiger partial charge >= 0.3 is 0 Å². The van der Waals surface area contributed by atoms with Gasteiger partial charge in [0.15, 0.2) is 5.96 Å². The lowest BCUT2D eigenvalue weighted by atomic mass is 9.44. The van der Waals surface area contributed by atoms with Crippen LogP contribution >= 0.6 is 0 Å². The molecule has 4 saturated carbocycles. The number of nitrogens with two attached hydrogens (primary N) is 1. The molecule has 176 valence electrons. The number of nitrogens with one attached hydrogen (secondary N) is 3. The molecular weight excluding hydrogens is 390 g/mol. The van der Waals surface area contributed by atoms with Crippen molar-refractivity contribution in [2.24, 2.45) is 45.2 Å². The Hall–Kier alpha value is -1.34. The third-order valence-corrected chi connectivity index (χ3v) is 8.17. The van der Waals surface area contributed by atoms with E-state index in [0.29, 0.717) is 37.4 Å². The van der Waals surface area contributed by atoms with E-state index in [1.807, 2.05) is 0 Å². The van der Waals surface area contributed by atoms with Crippen LogP contribution in [0.3, 0.4) is 0 Å². The predicted molar refractivity (Wildman–Crippen MR) is 123 cm³/mol. The molecule has 1 aliphatic heterocycles. The number of amides is 1. The Labute approximate surface area is 187 Å². The molecule has 1 heterocycles. The monoisotopic (exact) mass is 433 g/mol. The summed E-state index contributed by atoms with van der Waals surface area (Å²) < 4.78 is 0. The molecule has 5 rings (SSSR count). The van der Waals surface area contributed by atoms with E-state index in [4.69, 9.17) is 5.73 Å². The fraction of sp³-hybridized carbons (Fsp3) is 0.917. The Balaban J connectivity index is 1.34. The van der Waals surface area contributed by atoms with E-state index in [1.54, 1.807) is 0 Å². The van der Waals surface area contributed by atoms with Crippen molar-refractivity contribution in [3.8, 4) is 0 Å². The smallest absolute Gasteiger partial charge is 0.220 e. The highest BCUT2D eigenvalue weighted by Gasteiger charge is 2.57. The summed E-state index contributed by atoms with van der Waals surface area (Å²) >= 11 is 0. The van der Waals surface area contributed by atoms with Crippen LogP contribution in [0, 0.1) is 34.5 Å². The van der Waals surface area contributed by atoms with E-state index in [0.717, 1.165) is 37.3 Å². The van der Waals surface area contributed by atoms with Crippen molar-refractivity contribution in [1.29, 1.82) is 0 Å². The Morgan fingerprint density at radius 1 is 1.23 bits per heavy atom. The summed E-state index contributed by atoms with van der Waals surface area (Å²) in [6, 6.07) is 0. The van der Waals surface area contributed by atoms with Gasteiger partial charge < -0.3 is 26.8 Å². The number of hydrogen-bond donors (Lipinski definition) is 5. The van der Waals surface area contributed by atoms with Gasteiger partial charge in [0, 0.05) is 26.1 Å². The summed E-state index contributed by atoms with van der Waals surface area (Å²) in [6.45, 7) is 7.79. The van der Waals surface area contributed by atoms with Gasteiger partial charge in [-0.15, -0.1) is 0 Å². The average Bonchev–Trinajstić information content (AvgIpc) is 2.70. The molecule has 0 aromatic heterocycles. The summed E-state index contributed by atoms with van der Waals surface area (Å²) in [5.41, 5.74) is 6.49. The largest absolute Gasteiger partial charge is 0.389 e. The molecule has 7 nitrogen and oxygen atoms in total. The van der Waals surface area contributed by atoms with Gasteiger partial charge in [-0.2, -0.15) is 0 Å². The number of guanidine groups is 1. The second-order valence-corrected chi connectivity index (χ2v) is 11.8. The molecule has 31 heavy (non-hydrogen) atoms. The number of hydrogen-bond acceptors (Lipinski definition) is 6. The maximum Gasteiger partial charge on any atom is 0.220 e. The highest BCUT2D eigenvalue weighted by atomic mass is 16.3. The lowest BCUT2D eigenvalue weighted by Crippen LogP contribution is -2.59. The number of aliphatic imine (C=N–C) groups is 1. The van der Waals surface area contributed by atoms with Crippen LogP contribution in [0.1, 0.15) is 65.2 Å². The lowest BCUT2D eigenvalue weighted by Gasteiger charge is -2.62. The SMILES string of the molecule is CC(C)CC(CN)CC(=O)NCC12CC3CC(C1)CC(CNC1=NCC(O)CN1)(C3)C2. The summed E-state index contributed by atoms with van der Waals surface area (Å²) in [4.78, 5) is 17.1. The van der Waals surface area contributed by atoms with Gasteiger partial charge in [0.25, 0.3) is 0 Å². The van der Waals surface area contributed by atoms with E-state index >= 15 is 0 Å². The van der Waals surface area contributed by atoms with Crippen LogP contribution in [0.15, 0.2) is 4.99 Å². The van der Waals surface area contributed by atoms with Crippen molar-refractivity contribution in [3.63, 3.8) is 0 Å². The van der Waals surface area contributed by atoms with Gasteiger partial charge in [0.1, 0.15) is 0 Å². The minimum atomic E-state index is -0.378. The highest BCUT2D eigenvalue weighted by Crippen LogP contribution is 2.64. The summed E-state index contributed by atoms with van der Waals surface area (Å²) in [7, 11) is 0. The molecular formula is C24H43N5O2. The first-order chi connectivity index (χ1) is 14.8. The van der Waals surface area contributed by atoms with Crippen LogP contribution in [0.25, 0.3) is 0 Å². The van der Waals surface area contributed by atoms with Crippen molar-refractivity contribution < 1.29 is 9.90 Å². The molecule has 4 unspecified atom stereocenters. The number of aliphatic hydroxyl groups is 1. The molecule has 0 radical (unpaired) electrons. The molecule has 1 amide bonds. The summed E-state index contributed by atoms with van der Waals surface area (Å²) in [5.74, 6) is 3.46. The van der Waals surface area contributed by atoms with Crippen LogP contribution in [-0.4, -0.2) is 55.8 Å². The second-order valence-electron chi connectivity index (χ2n) is 11.8. The van der Waals surface area contributed by atoms with E-state index in [1.165, 1.54) is 38.5 Å². The molecule has 0 saturated heterocycles. The van der Waals surface area contributed by atoms with Crippen LogP contribution in [-0.2, 0) is 4.79 Å². The minimum absolute atomic E-state index is 0.179. The van der Waals surface area contributed by atoms with E-state index < -0.39 is 0 Å². The van der Waals surface area contributed by atoms with E-state index in [2.05, 4.69) is 34.8 Å². The first kappa shape index (κ1) is 22.8. The maximum absolute atomic E-state index is 12.7. The van der Waals surface area contributed by atoms with Gasteiger partial charge in [0.2, 0.25) is 5.91 Å². The Morgan fingerprint density at radius 3 is 2.48 bits per heavy atom. The highest BCUT2D eigenvalue weighted by molar-refractivity contribution is 5.80. The zero-order chi connectivity index (χ0) is 22.1. The molecule has 7 heteroatoms. The first-order valence-electron chi connectivity index (χ1n) is 12.5. The third-order valence-electron chi connectivity index (χ3n) is 8.17. The van der Waals surface area contributed by atoms with Gasteiger partial charge in [-0.05, 0) is 86.0 Å². The van der Waals surface area contributed by atoms with Crippen molar-refractivity contribution in [3.05, 3.63) is 0 Å². The average molecular weight is 434 g/mol. The summed E-state index contributed by atoms with van der Waals surface area (Å²) in [5, 5.41) is 19.7. The van der Waals surface area contributed by atoms with Crippen molar-refractivity contribution in [1.82, 2.24) is 16.0 Å². The fourth-order valence-electron chi connectivity index (χ4n) is 7.53. The molecule has 6 N–H and O–H groups in total. The number of rotatable bonds is 9. The van der Waals surface area contributed by atoms with Gasteiger partial charge in [-0.25, -0.2) is 0 Å². The standard InChI is InChI=1S/C24H43N5O2/c1-16(2)3-17(10-25)5-21(31)28-14-23-6-18-4-19(7-23)9-24(8-18,13-23)15-29-22-26-11-20(30)12-27-22/h16-20,30H,3-15,25H2,1-2H3,(H,28,31)(H2,26,27,29). The number of β-amino-alcohol motifs (C(OH)–C–C–N with tert-alkyl or cyclic N) is 1. The quantitative estimate of drug-likeness (QED) is 0.379. The molecule has 4 aliphatic carbocycles. The van der Waals surface area contributed by atoms with Crippen molar-refractivity contribution in [2.45, 2.75) is 71.3 Å². The number of nitrogens with zero attached hydrogens (tertiary/aromatic N) is 1. The number of carbonyl (C=O) groups is 1. The molecule has 5 aliphatic rings. The van der Waals surface area contributed by atoms with E-state index in [9.17, 15) is 9.90 Å². The lowest BCUT2D eigenvalue weighted by molar-refractivity contribution is -0.128. The Kier molecular flexibility index (Phi) is 6.82. The second kappa shape index (κ2) is 9.26. The van der Waals surface area contributed by atoms with E-state index in [-0.39, 0.29) is 23.3 Å². The van der Waals surface area contributed by atoms with Gasteiger partial charge in [-0.3, -0.25) is 9.79 Å². The molecule has 0 aromatic carbocycles. The van der Waals surface area contributed by atoms with Gasteiger partial charge in [0.05, 0.1) is 12.6 Å². The topological polar surface area (TPSA) is 112 Å². The van der Waals surface area contributed by atoms with Crippen LogP contribution < -0.4 is 21.7 Å². The molecule has 0 aromatic rings. The third kappa shape index (κ3) is 5.54. The molecule has 0 spiro atoms. The van der Waals surface area contributed by atoms with Crippen LogP contribution in [0.4, 0.5) is 0 Å². The molecule has 4 atom stereocenters. The van der Waals surface area contributed by atoms with Crippen LogP contribution in [0.5, 0.6) is 0 Å². The Bertz CT molecular complexity index is 665. The summed E-state index contributed by atoms with van der Waals surface area (Å²) in [6.07, 6.45) is 8.89. The zero-order valence-electron chi connectivity index (χ0n) is 19.5. The zero-order valence-corrected chi connectivity index (χ0v) is 19.5. The molecule has 4 fully saturated rings. The molecule has 4 bridgehead atoms. The number of carbonyl (C=O) groups excluding carboxylic acids is 1. The van der Waals surface area contributed by atoms with Crippen LogP contribution in [0.2, 0.25) is 0 Å². The van der Waals surface area contributed by atoms with Crippen molar-refractivity contribution >= 4 is 11.9 Å². The normalized spacial score (nSPS) is 37.3. The Morgan fingerprint density at radius 2 is 1.90 bits per heavy atom. The maximum atomic E-state index is 12.7. The minimum Gasteiger partial charge on any atom is -0.389 e.